The summed E-state index contributed by atoms with van der Waals surface area (Å²) in [7, 11) is 5.21. The molecule has 5 nitrogen and oxygen atoms in total. The van der Waals surface area contributed by atoms with Gasteiger partial charge in [-0.05, 0) is 36.5 Å². The average molecular weight is 253 g/mol. The second kappa shape index (κ2) is 6.05. The lowest BCUT2D eigenvalue weighted by Crippen LogP contribution is -2.33. The Kier molecular flexibility index (Phi) is 4.71. The maximum Gasteiger partial charge on any atom is 0.413 e. The zero-order valence-electron chi connectivity index (χ0n) is 9.98. The molecular formula is C11H15N3O2S. The van der Waals surface area contributed by atoms with Gasteiger partial charge in [0, 0.05) is 25.5 Å². The molecule has 1 amide bonds. The molecule has 1 aromatic carbocycles. The summed E-state index contributed by atoms with van der Waals surface area (Å²) in [5, 5.41) is 5.44. The van der Waals surface area contributed by atoms with E-state index in [1.807, 2.05) is 43.3 Å². The molecule has 0 atom stereocenters. The lowest BCUT2D eigenvalue weighted by Gasteiger charge is -2.13. The van der Waals surface area contributed by atoms with Gasteiger partial charge in [0.25, 0.3) is 0 Å². The summed E-state index contributed by atoms with van der Waals surface area (Å²) in [5.74, 6) is 0. The molecular weight excluding hydrogens is 238 g/mol. The number of carbonyl (C=O) groups is 1. The summed E-state index contributed by atoms with van der Waals surface area (Å²) in [6.07, 6.45) is -0.590. The number of ether oxygens (including phenoxy) is 1. The SMILES string of the molecule is COC(=O)NC(=S)Nc1ccc(N(C)C)cc1. The van der Waals surface area contributed by atoms with Gasteiger partial charge in [-0.25, -0.2) is 4.79 Å². The minimum atomic E-state index is -0.590. The molecule has 0 radical (unpaired) electrons. The third-order valence-corrected chi connectivity index (χ3v) is 2.25. The third-order valence-electron chi connectivity index (χ3n) is 2.04. The van der Waals surface area contributed by atoms with Crippen LogP contribution in [-0.4, -0.2) is 32.4 Å². The van der Waals surface area contributed by atoms with E-state index < -0.39 is 6.09 Å². The van der Waals surface area contributed by atoms with Crippen LogP contribution in [-0.2, 0) is 4.74 Å². The number of benzene rings is 1. The highest BCUT2D eigenvalue weighted by molar-refractivity contribution is 7.80. The smallest absolute Gasteiger partial charge is 0.413 e. The van der Waals surface area contributed by atoms with Gasteiger partial charge in [-0.1, -0.05) is 0 Å². The normalized spacial score (nSPS) is 9.35. The average Bonchev–Trinajstić information content (AvgIpc) is 2.29. The minimum absolute atomic E-state index is 0.203. The summed E-state index contributed by atoms with van der Waals surface area (Å²) >= 11 is 4.93. The molecule has 0 bridgehead atoms. The van der Waals surface area contributed by atoms with Crippen molar-refractivity contribution in [1.82, 2.24) is 5.32 Å². The molecule has 17 heavy (non-hydrogen) atoms. The van der Waals surface area contributed by atoms with E-state index >= 15 is 0 Å². The quantitative estimate of drug-likeness (QED) is 0.787. The summed E-state index contributed by atoms with van der Waals surface area (Å²) in [6, 6.07) is 7.65. The number of thiocarbonyl (C=S) groups is 1. The van der Waals surface area contributed by atoms with Crippen LogP contribution in [0.5, 0.6) is 0 Å². The Balaban J connectivity index is 2.57. The number of nitrogens with one attached hydrogen (secondary N) is 2. The van der Waals surface area contributed by atoms with Crippen LogP contribution in [0.1, 0.15) is 0 Å². The fraction of sp³-hybridized carbons (Fsp3) is 0.273. The zero-order chi connectivity index (χ0) is 12.8. The van der Waals surface area contributed by atoms with Gasteiger partial charge in [0.15, 0.2) is 5.11 Å². The fourth-order valence-electron chi connectivity index (χ4n) is 1.15. The van der Waals surface area contributed by atoms with E-state index in [-0.39, 0.29) is 5.11 Å². The molecule has 0 aliphatic heterocycles. The fourth-order valence-corrected chi connectivity index (χ4v) is 1.35. The van der Waals surface area contributed by atoms with Crippen LogP contribution in [0, 0.1) is 0 Å². The number of alkyl carbamates (subject to hydrolysis) is 1. The highest BCUT2D eigenvalue weighted by atomic mass is 32.1. The largest absolute Gasteiger partial charge is 0.453 e. The number of carbonyl (C=O) groups excluding carboxylic acids is 1. The maximum atomic E-state index is 10.9. The van der Waals surface area contributed by atoms with Gasteiger partial charge in [-0.3, -0.25) is 5.32 Å². The standard InChI is InChI=1S/C11H15N3O2S/c1-14(2)9-6-4-8(5-7-9)12-10(17)13-11(15)16-3/h4-7H,1-3H3,(H2,12,13,15,17). The van der Waals surface area contributed by atoms with Crippen LogP contribution in [0.25, 0.3) is 0 Å². The van der Waals surface area contributed by atoms with Gasteiger partial charge in [-0.15, -0.1) is 0 Å². The molecule has 0 saturated heterocycles. The monoisotopic (exact) mass is 253 g/mol. The van der Waals surface area contributed by atoms with Crippen molar-refractivity contribution in [2.45, 2.75) is 0 Å². The first-order chi connectivity index (χ1) is 8.02. The van der Waals surface area contributed by atoms with Crippen LogP contribution in [0.3, 0.4) is 0 Å². The highest BCUT2D eigenvalue weighted by Crippen LogP contribution is 2.15. The van der Waals surface area contributed by atoms with Crippen molar-refractivity contribution < 1.29 is 9.53 Å². The van der Waals surface area contributed by atoms with Crippen molar-refractivity contribution in [1.29, 1.82) is 0 Å². The molecule has 0 aromatic heterocycles. The van der Waals surface area contributed by atoms with Gasteiger partial charge < -0.3 is 15.0 Å². The van der Waals surface area contributed by atoms with E-state index in [9.17, 15) is 4.79 Å². The Morgan fingerprint density at radius 3 is 2.35 bits per heavy atom. The van der Waals surface area contributed by atoms with Gasteiger partial charge in [0.1, 0.15) is 0 Å². The Hall–Kier alpha value is -1.82. The number of hydrogen-bond acceptors (Lipinski definition) is 4. The summed E-state index contributed by atoms with van der Waals surface area (Å²) in [6.45, 7) is 0. The Labute approximate surface area is 106 Å². The molecule has 1 rings (SSSR count). The molecule has 0 aliphatic carbocycles. The van der Waals surface area contributed by atoms with Crippen molar-refractivity contribution in [2.24, 2.45) is 0 Å². The maximum absolute atomic E-state index is 10.9. The molecule has 1 aromatic rings. The number of hydrogen-bond donors (Lipinski definition) is 2. The highest BCUT2D eigenvalue weighted by Gasteiger charge is 2.03. The first-order valence-corrected chi connectivity index (χ1v) is 5.37. The second-order valence-electron chi connectivity index (χ2n) is 3.51. The topological polar surface area (TPSA) is 53.6 Å². The third kappa shape index (κ3) is 4.28. The summed E-state index contributed by atoms with van der Waals surface area (Å²) in [4.78, 5) is 12.9. The van der Waals surface area contributed by atoms with Crippen molar-refractivity contribution >= 4 is 34.8 Å². The van der Waals surface area contributed by atoms with Crippen LogP contribution < -0.4 is 15.5 Å². The Bertz CT molecular complexity index is 404. The van der Waals surface area contributed by atoms with Crippen LogP contribution in [0.15, 0.2) is 24.3 Å². The molecule has 0 saturated carbocycles. The molecule has 0 heterocycles. The molecule has 0 spiro atoms. The minimum Gasteiger partial charge on any atom is -0.453 e. The van der Waals surface area contributed by atoms with Crippen LogP contribution >= 0.6 is 12.2 Å². The first kappa shape index (κ1) is 13.2. The van der Waals surface area contributed by atoms with E-state index in [1.165, 1.54) is 7.11 Å². The van der Waals surface area contributed by atoms with Crippen molar-refractivity contribution in [2.75, 3.05) is 31.4 Å². The molecule has 92 valence electrons. The van der Waals surface area contributed by atoms with Gasteiger partial charge in [0.2, 0.25) is 0 Å². The molecule has 2 N–H and O–H groups in total. The number of nitrogens with zero attached hydrogens (tertiary/aromatic N) is 1. The number of anilines is 2. The number of rotatable bonds is 2. The van der Waals surface area contributed by atoms with E-state index in [2.05, 4.69) is 15.4 Å². The molecule has 0 fully saturated rings. The lowest BCUT2D eigenvalue weighted by atomic mass is 10.2. The first-order valence-electron chi connectivity index (χ1n) is 4.96. The predicted octanol–water partition coefficient (Wildman–Crippen LogP) is 1.81. The number of methoxy groups -OCH3 is 1. The Morgan fingerprint density at radius 1 is 1.29 bits per heavy atom. The lowest BCUT2D eigenvalue weighted by molar-refractivity contribution is 0.177. The molecule has 0 unspecified atom stereocenters. The predicted molar refractivity (Wildman–Crippen MR) is 72.5 cm³/mol. The van der Waals surface area contributed by atoms with Gasteiger partial charge >= 0.3 is 6.09 Å². The molecule has 6 heteroatoms. The summed E-state index contributed by atoms with van der Waals surface area (Å²) < 4.78 is 4.42. The van der Waals surface area contributed by atoms with Gasteiger partial charge in [-0.2, -0.15) is 0 Å². The van der Waals surface area contributed by atoms with Crippen molar-refractivity contribution in [3.8, 4) is 0 Å². The zero-order valence-corrected chi connectivity index (χ0v) is 10.8. The van der Waals surface area contributed by atoms with Crippen molar-refractivity contribution in [3.63, 3.8) is 0 Å². The number of amides is 1. The summed E-state index contributed by atoms with van der Waals surface area (Å²) in [5.41, 5.74) is 1.89. The van der Waals surface area contributed by atoms with Gasteiger partial charge in [0.05, 0.1) is 7.11 Å². The van der Waals surface area contributed by atoms with E-state index in [4.69, 9.17) is 12.2 Å². The van der Waals surface area contributed by atoms with E-state index in [0.29, 0.717) is 0 Å². The van der Waals surface area contributed by atoms with Crippen LogP contribution in [0.4, 0.5) is 16.2 Å². The van der Waals surface area contributed by atoms with Crippen molar-refractivity contribution in [3.05, 3.63) is 24.3 Å². The molecule has 0 aliphatic rings. The second-order valence-corrected chi connectivity index (χ2v) is 3.92. The van der Waals surface area contributed by atoms with Crippen LogP contribution in [0.2, 0.25) is 0 Å². The van der Waals surface area contributed by atoms with E-state index in [0.717, 1.165) is 11.4 Å². The Morgan fingerprint density at radius 2 is 1.88 bits per heavy atom. The van der Waals surface area contributed by atoms with E-state index in [1.54, 1.807) is 0 Å².